The number of likely N-dealkylation sites (tertiary alicyclic amines) is 1. The van der Waals surface area contributed by atoms with E-state index in [1.807, 2.05) is 4.90 Å². The van der Waals surface area contributed by atoms with Crippen LogP contribution in [-0.2, 0) is 6.54 Å². The van der Waals surface area contributed by atoms with Crippen LogP contribution in [0.1, 0.15) is 73.7 Å². The van der Waals surface area contributed by atoms with Crippen LogP contribution in [0.15, 0.2) is 6.07 Å². The fourth-order valence-electron chi connectivity index (χ4n) is 4.07. The zero-order valence-corrected chi connectivity index (χ0v) is 15.9. The number of halogens is 4. The quantitative estimate of drug-likeness (QED) is 0.597. The van der Waals surface area contributed by atoms with Crippen LogP contribution in [0.3, 0.4) is 0 Å². The van der Waals surface area contributed by atoms with E-state index in [4.69, 9.17) is 0 Å². The Labute approximate surface area is 159 Å². The van der Waals surface area contributed by atoms with Gasteiger partial charge in [0, 0.05) is 42.7 Å². The van der Waals surface area contributed by atoms with Gasteiger partial charge in [0.2, 0.25) is 0 Å². The van der Waals surface area contributed by atoms with Crippen molar-refractivity contribution < 1.29 is 17.6 Å². The zero-order chi connectivity index (χ0) is 19.0. The number of rotatable bonds is 4. The summed E-state index contributed by atoms with van der Waals surface area (Å²) in [6, 6.07) is 2.05. The molecule has 0 radical (unpaired) electrons. The SMILES string of the molecule is FC(F)c1nc(CN2CCC(F)(F)CC2)c2cc(C3CCCCC3)sc2n1. The van der Waals surface area contributed by atoms with Crippen molar-refractivity contribution in [3.8, 4) is 0 Å². The topological polar surface area (TPSA) is 29.0 Å². The lowest BCUT2D eigenvalue weighted by Gasteiger charge is -2.31. The summed E-state index contributed by atoms with van der Waals surface area (Å²) in [4.78, 5) is 11.9. The van der Waals surface area contributed by atoms with Crippen molar-refractivity contribution >= 4 is 21.6 Å². The van der Waals surface area contributed by atoms with E-state index in [2.05, 4.69) is 16.0 Å². The van der Waals surface area contributed by atoms with Gasteiger partial charge in [-0.1, -0.05) is 19.3 Å². The minimum absolute atomic E-state index is 0.195. The zero-order valence-electron chi connectivity index (χ0n) is 15.1. The average molecular weight is 401 g/mol. The van der Waals surface area contributed by atoms with E-state index < -0.39 is 18.2 Å². The predicted molar refractivity (Wildman–Crippen MR) is 97.7 cm³/mol. The summed E-state index contributed by atoms with van der Waals surface area (Å²) >= 11 is 1.49. The third-order valence-electron chi connectivity index (χ3n) is 5.67. The number of thiophene rings is 1. The molecule has 4 rings (SSSR count). The molecule has 0 spiro atoms. The summed E-state index contributed by atoms with van der Waals surface area (Å²) in [5.74, 6) is -2.62. The molecule has 3 nitrogen and oxygen atoms in total. The second-order valence-electron chi connectivity index (χ2n) is 7.66. The van der Waals surface area contributed by atoms with Crippen LogP contribution in [0, 0.1) is 0 Å². The van der Waals surface area contributed by atoms with Crippen molar-refractivity contribution in [2.45, 2.75) is 69.8 Å². The van der Waals surface area contributed by atoms with Crippen LogP contribution >= 0.6 is 11.3 Å². The number of nitrogens with zero attached hydrogens (tertiary/aromatic N) is 3. The van der Waals surface area contributed by atoms with Gasteiger partial charge in [-0.3, -0.25) is 4.90 Å². The predicted octanol–water partition coefficient (Wildman–Crippen LogP) is 5.91. The average Bonchev–Trinajstić information content (AvgIpc) is 3.08. The van der Waals surface area contributed by atoms with Crippen molar-refractivity contribution in [1.29, 1.82) is 0 Å². The molecule has 27 heavy (non-hydrogen) atoms. The standard InChI is InChI=1S/C19H23F4N3S/c20-16(21)17-24-14(11-26-8-6-19(22,23)7-9-26)13-10-15(27-18(13)25-17)12-4-2-1-3-5-12/h10,12,16H,1-9,11H2. The maximum Gasteiger partial charge on any atom is 0.297 e. The molecule has 1 saturated carbocycles. The smallest absolute Gasteiger partial charge is 0.297 e. The number of hydrogen-bond donors (Lipinski definition) is 0. The molecular weight excluding hydrogens is 378 g/mol. The molecule has 0 N–H and O–H groups in total. The van der Waals surface area contributed by atoms with E-state index in [1.54, 1.807) is 0 Å². The van der Waals surface area contributed by atoms with Gasteiger partial charge in [0.25, 0.3) is 12.3 Å². The number of hydrogen-bond acceptors (Lipinski definition) is 4. The fourth-order valence-corrected chi connectivity index (χ4v) is 5.30. The maximum atomic E-state index is 13.4. The van der Waals surface area contributed by atoms with Gasteiger partial charge in [-0.2, -0.15) is 0 Å². The highest BCUT2D eigenvalue weighted by Crippen LogP contribution is 2.40. The molecule has 2 aromatic rings. The second-order valence-corrected chi connectivity index (χ2v) is 8.73. The number of aromatic nitrogens is 2. The molecule has 1 aliphatic heterocycles. The minimum atomic E-state index is -2.74. The highest BCUT2D eigenvalue weighted by atomic mass is 32.1. The van der Waals surface area contributed by atoms with Crippen molar-refractivity contribution in [3.05, 3.63) is 22.5 Å². The van der Waals surface area contributed by atoms with Crippen LogP contribution in [0.4, 0.5) is 17.6 Å². The van der Waals surface area contributed by atoms with Crippen LogP contribution in [0.2, 0.25) is 0 Å². The molecule has 2 aromatic heterocycles. The number of fused-ring (bicyclic) bond motifs is 1. The van der Waals surface area contributed by atoms with E-state index >= 15 is 0 Å². The fraction of sp³-hybridized carbons (Fsp3) is 0.684. The Morgan fingerprint density at radius 2 is 1.81 bits per heavy atom. The molecule has 1 saturated heterocycles. The van der Waals surface area contributed by atoms with Gasteiger partial charge >= 0.3 is 0 Å². The van der Waals surface area contributed by atoms with Gasteiger partial charge in [-0.05, 0) is 24.8 Å². The first-order chi connectivity index (χ1) is 12.9. The second kappa shape index (κ2) is 7.62. The van der Waals surface area contributed by atoms with Gasteiger partial charge in [0.15, 0.2) is 5.82 Å². The molecule has 3 heterocycles. The first-order valence-corrected chi connectivity index (χ1v) is 10.4. The first-order valence-electron chi connectivity index (χ1n) is 9.60. The van der Waals surface area contributed by atoms with Crippen LogP contribution in [0.25, 0.3) is 10.2 Å². The Hall–Kier alpha value is -1.28. The first kappa shape index (κ1) is 19.1. The summed E-state index contributed by atoms with van der Waals surface area (Å²) < 4.78 is 53.4. The third-order valence-corrected chi connectivity index (χ3v) is 6.86. The Morgan fingerprint density at radius 3 is 2.48 bits per heavy atom. The lowest BCUT2D eigenvalue weighted by atomic mass is 9.88. The summed E-state index contributed by atoms with van der Waals surface area (Å²) in [5.41, 5.74) is 0.541. The van der Waals surface area contributed by atoms with Crippen LogP contribution in [0.5, 0.6) is 0 Å². The van der Waals surface area contributed by atoms with E-state index in [0.717, 1.165) is 18.2 Å². The maximum absolute atomic E-state index is 13.4. The largest absolute Gasteiger partial charge is 0.297 e. The third kappa shape index (κ3) is 4.26. The molecule has 1 aliphatic carbocycles. The van der Waals surface area contributed by atoms with Crippen LogP contribution in [-0.4, -0.2) is 33.9 Å². The Kier molecular flexibility index (Phi) is 5.38. The Balaban J connectivity index is 1.64. The lowest BCUT2D eigenvalue weighted by molar-refractivity contribution is -0.0567. The molecule has 0 bridgehead atoms. The van der Waals surface area contributed by atoms with Gasteiger partial charge in [0.05, 0.1) is 5.69 Å². The molecule has 8 heteroatoms. The van der Waals surface area contributed by atoms with E-state index in [9.17, 15) is 17.6 Å². The normalized spacial score (nSPS) is 22.0. The lowest BCUT2D eigenvalue weighted by Crippen LogP contribution is -2.39. The molecule has 0 amide bonds. The summed E-state index contributed by atoms with van der Waals surface area (Å²) in [6.45, 7) is 0.819. The van der Waals surface area contributed by atoms with Gasteiger partial charge in [-0.15, -0.1) is 11.3 Å². The van der Waals surface area contributed by atoms with Gasteiger partial charge in [-0.25, -0.2) is 27.5 Å². The summed E-state index contributed by atoms with van der Waals surface area (Å²) in [5, 5.41) is 0.808. The number of alkyl halides is 4. The van der Waals surface area contributed by atoms with E-state index in [0.29, 0.717) is 23.0 Å². The molecule has 2 fully saturated rings. The van der Waals surface area contributed by atoms with Crippen molar-refractivity contribution in [2.24, 2.45) is 0 Å². The van der Waals surface area contributed by atoms with Gasteiger partial charge in [0.1, 0.15) is 4.83 Å². The molecular formula is C19H23F4N3S. The highest BCUT2D eigenvalue weighted by molar-refractivity contribution is 7.18. The molecule has 148 valence electrons. The van der Waals surface area contributed by atoms with E-state index in [1.165, 1.54) is 35.5 Å². The summed E-state index contributed by atoms with van der Waals surface area (Å²) in [6.07, 6.45) is 2.76. The number of piperidine rings is 1. The summed E-state index contributed by atoms with van der Waals surface area (Å²) in [7, 11) is 0. The molecule has 0 aromatic carbocycles. The Bertz CT molecular complexity index is 792. The van der Waals surface area contributed by atoms with E-state index in [-0.39, 0.29) is 25.9 Å². The molecule has 2 aliphatic rings. The molecule has 0 unspecified atom stereocenters. The minimum Gasteiger partial charge on any atom is -0.297 e. The Morgan fingerprint density at radius 1 is 1.11 bits per heavy atom. The molecule has 0 atom stereocenters. The van der Waals surface area contributed by atoms with Crippen molar-refractivity contribution in [3.63, 3.8) is 0 Å². The monoisotopic (exact) mass is 401 g/mol. The van der Waals surface area contributed by atoms with Gasteiger partial charge < -0.3 is 0 Å². The highest BCUT2D eigenvalue weighted by Gasteiger charge is 2.34. The van der Waals surface area contributed by atoms with Crippen molar-refractivity contribution in [2.75, 3.05) is 13.1 Å². The van der Waals surface area contributed by atoms with Crippen LogP contribution < -0.4 is 0 Å². The van der Waals surface area contributed by atoms with Crippen molar-refractivity contribution in [1.82, 2.24) is 14.9 Å².